The maximum atomic E-state index is 13.7. The van der Waals surface area contributed by atoms with E-state index in [4.69, 9.17) is 0 Å². The highest BCUT2D eigenvalue weighted by Gasteiger charge is 2.52. The summed E-state index contributed by atoms with van der Waals surface area (Å²) in [6, 6.07) is 8.78. The molecule has 3 heteroatoms. The maximum absolute atomic E-state index is 13.7. The molecule has 0 radical (unpaired) electrons. The van der Waals surface area contributed by atoms with Gasteiger partial charge in [-0.15, -0.1) is 0 Å². The minimum Gasteiger partial charge on any atom is -0.241 e. The highest BCUT2D eigenvalue weighted by Crippen LogP contribution is 2.51. The van der Waals surface area contributed by atoms with Crippen molar-refractivity contribution in [3.63, 3.8) is 0 Å². The van der Waals surface area contributed by atoms with E-state index < -0.39 is 0 Å². The van der Waals surface area contributed by atoms with Crippen molar-refractivity contribution in [2.45, 2.75) is 64.8 Å². The number of hydrogen-bond donors (Lipinski definition) is 0. The van der Waals surface area contributed by atoms with Gasteiger partial charge in [0, 0.05) is 11.0 Å². The van der Waals surface area contributed by atoms with E-state index in [1.807, 2.05) is 0 Å². The summed E-state index contributed by atoms with van der Waals surface area (Å²) in [7, 11) is 0. The molecule has 0 N–H and O–H groups in total. The van der Waals surface area contributed by atoms with Crippen molar-refractivity contribution in [2.75, 3.05) is 0 Å². The van der Waals surface area contributed by atoms with Crippen molar-refractivity contribution in [1.29, 1.82) is 0 Å². The molecule has 0 saturated carbocycles. The van der Waals surface area contributed by atoms with Crippen LogP contribution in [0.1, 0.15) is 76.2 Å². The summed E-state index contributed by atoms with van der Waals surface area (Å²) in [4.78, 5) is 13.7. The van der Waals surface area contributed by atoms with Gasteiger partial charge in [0.1, 0.15) is 11.7 Å². The first kappa shape index (κ1) is 16.0. The van der Waals surface area contributed by atoms with Crippen molar-refractivity contribution in [2.24, 2.45) is 5.92 Å². The number of aromatic nitrogens is 2. The van der Waals surface area contributed by atoms with Crippen LogP contribution < -0.4 is 9.96 Å². The summed E-state index contributed by atoms with van der Waals surface area (Å²) in [6.45, 7) is 11.4. The summed E-state index contributed by atoms with van der Waals surface area (Å²) in [5.74, 6) is 0.763. The zero-order valence-electron chi connectivity index (χ0n) is 16.3. The Bertz CT molecular complexity index is 1140. The number of hydrogen-bond acceptors (Lipinski definition) is 1. The van der Waals surface area contributed by atoms with Gasteiger partial charge in [0.15, 0.2) is 0 Å². The summed E-state index contributed by atoms with van der Waals surface area (Å²) < 4.78 is 4.42. The lowest BCUT2D eigenvalue weighted by Gasteiger charge is -2.30. The van der Waals surface area contributed by atoms with Gasteiger partial charge in [-0.25, -0.2) is 9.20 Å². The van der Waals surface area contributed by atoms with Gasteiger partial charge in [0.2, 0.25) is 0 Å². The molecular weight excluding hydrogens is 320 g/mol. The van der Waals surface area contributed by atoms with Crippen LogP contribution in [0.3, 0.4) is 0 Å². The molecule has 1 aromatic carbocycles. The van der Waals surface area contributed by atoms with Gasteiger partial charge in [0.05, 0.1) is 17.1 Å². The van der Waals surface area contributed by atoms with Crippen molar-refractivity contribution in [3.05, 3.63) is 57.6 Å². The molecule has 3 heterocycles. The highest BCUT2D eigenvalue weighted by molar-refractivity contribution is 5.97. The summed E-state index contributed by atoms with van der Waals surface area (Å²) in [5.41, 5.74) is 4.96. The zero-order valence-corrected chi connectivity index (χ0v) is 16.3. The molecule has 26 heavy (non-hydrogen) atoms. The molecule has 134 valence electrons. The second kappa shape index (κ2) is 4.97. The fourth-order valence-electron chi connectivity index (χ4n) is 5.93. The van der Waals surface area contributed by atoms with Crippen LogP contribution in [-0.2, 0) is 5.41 Å². The Hall–Kier alpha value is -2.16. The molecule has 0 spiro atoms. The Morgan fingerprint density at radius 2 is 1.96 bits per heavy atom. The number of nitrogens with zero attached hydrogens (tertiary/aromatic N) is 2. The number of benzene rings is 1. The summed E-state index contributed by atoms with van der Waals surface area (Å²) in [6.07, 6.45) is 4.45. The molecule has 1 aliphatic carbocycles. The third-order valence-corrected chi connectivity index (χ3v) is 7.52. The van der Waals surface area contributed by atoms with Crippen LogP contribution in [0.15, 0.2) is 35.3 Å². The van der Waals surface area contributed by atoms with Crippen molar-refractivity contribution >= 4 is 16.4 Å². The monoisotopic (exact) mass is 347 g/mol. The van der Waals surface area contributed by atoms with E-state index in [1.165, 1.54) is 22.0 Å². The minimum atomic E-state index is 0.0425. The van der Waals surface area contributed by atoms with Crippen LogP contribution in [0.25, 0.3) is 16.4 Å². The van der Waals surface area contributed by atoms with Crippen LogP contribution in [0.5, 0.6) is 0 Å². The Morgan fingerprint density at radius 3 is 2.69 bits per heavy atom. The van der Waals surface area contributed by atoms with Gasteiger partial charge in [-0.1, -0.05) is 52.3 Å². The molecule has 3 nitrogen and oxygen atoms in total. The van der Waals surface area contributed by atoms with Crippen molar-refractivity contribution in [1.82, 2.24) is 4.57 Å². The molecule has 0 amide bonds. The quantitative estimate of drug-likeness (QED) is 0.496. The lowest BCUT2D eigenvalue weighted by Crippen LogP contribution is -2.43. The summed E-state index contributed by atoms with van der Waals surface area (Å²) in [5, 5.41) is 2.49. The van der Waals surface area contributed by atoms with Crippen LogP contribution >= 0.6 is 0 Å². The minimum absolute atomic E-state index is 0.0425. The molecular formula is C23H27N2O+. The molecule has 4 unspecified atom stereocenters. The zero-order chi connectivity index (χ0) is 18.4. The van der Waals surface area contributed by atoms with E-state index in [2.05, 4.69) is 74.0 Å². The first-order valence-corrected chi connectivity index (χ1v) is 9.97. The van der Waals surface area contributed by atoms with Gasteiger partial charge in [-0.3, -0.25) is 0 Å². The molecule has 3 aromatic rings. The molecule has 4 atom stereocenters. The van der Waals surface area contributed by atoms with Crippen LogP contribution in [0.4, 0.5) is 0 Å². The van der Waals surface area contributed by atoms with Gasteiger partial charge < -0.3 is 0 Å². The lowest BCUT2D eigenvalue weighted by molar-refractivity contribution is -0.530. The van der Waals surface area contributed by atoms with Gasteiger partial charge in [-0.05, 0) is 36.6 Å². The van der Waals surface area contributed by atoms with Crippen LogP contribution in [0.2, 0.25) is 0 Å². The molecule has 2 aliphatic rings. The number of rotatable bonds is 2. The lowest BCUT2D eigenvalue weighted by atomic mass is 9.74. The van der Waals surface area contributed by atoms with Gasteiger partial charge in [0.25, 0.3) is 5.65 Å². The molecule has 0 saturated heterocycles. The fourth-order valence-corrected chi connectivity index (χ4v) is 5.93. The fraction of sp³-hybridized carbons (Fsp3) is 0.478. The Balaban J connectivity index is 2.03. The van der Waals surface area contributed by atoms with E-state index in [9.17, 15) is 4.79 Å². The van der Waals surface area contributed by atoms with Crippen LogP contribution in [-0.4, -0.2) is 4.57 Å². The topological polar surface area (TPSA) is 26.1 Å². The van der Waals surface area contributed by atoms with E-state index >= 15 is 0 Å². The predicted molar refractivity (Wildman–Crippen MR) is 105 cm³/mol. The van der Waals surface area contributed by atoms with E-state index in [0.29, 0.717) is 11.8 Å². The summed E-state index contributed by atoms with van der Waals surface area (Å²) >= 11 is 0. The first-order valence-electron chi connectivity index (χ1n) is 9.97. The largest absolute Gasteiger partial charge is 0.341 e. The van der Waals surface area contributed by atoms with E-state index in [0.717, 1.165) is 24.1 Å². The van der Waals surface area contributed by atoms with Crippen molar-refractivity contribution < 1.29 is 4.40 Å². The van der Waals surface area contributed by atoms with E-state index in [1.54, 1.807) is 0 Å². The predicted octanol–water partition coefficient (Wildman–Crippen LogP) is 4.47. The molecule has 1 aliphatic heterocycles. The third kappa shape index (κ3) is 1.61. The average molecular weight is 347 g/mol. The van der Waals surface area contributed by atoms with Crippen LogP contribution in [0, 0.1) is 5.92 Å². The second-order valence-electron chi connectivity index (χ2n) is 8.68. The normalized spacial score (nSPS) is 29.2. The standard InChI is InChI=1S/C23H27N2O/c1-6-11-23(5)14(3)13(2)18-20(23)24-12-10-16-8-7-9-17-15(4)25(22(18)26)21(24)19(16)17/h7-10,12-15H,6,11H2,1-5H3/q+1. The molecule has 0 fully saturated rings. The second-order valence-corrected chi connectivity index (χ2v) is 8.68. The SMILES string of the molecule is CCCC1(C)c2c(c(=O)n3c4c5c(cccc5cc[n+]24)C3C)C(C)C1C. The van der Waals surface area contributed by atoms with Gasteiger partial charge >= 0.3 is 5.56 Å². The van der Waals surface area contributed by atoms with Gasteiger partial charge in [-0.2, -0.15) is 4.57 Å². The third-order valence-electron chi connectivity index (χ3n) is 7.52. The Labute approximate surface area is 154 Å². The number of pyridine rings is 1. The molecule has 5 rings (SSSR count). The average Bonchev–Trinajstić information content (AvgIpc) is 3.03. The smallest absolute Gasteiger partial charge is 0.241 e. The van der Waals surface area contributed by atoms with Crippen molar-refractivity contribution in [3.8, 4) is 0 Å². The highest BCUT2D eigenvalue weighted by atomic mass is 16.1. The Kier molecular flexibility index (Phi) is 3.06. The molecule has 0 bridgehead atoms. The maximum Gasteiger partial charge on any atom is 0.341 e. The Morgan fingerprint density at radius 1 is 1.19 bits per heavy atom. The first-order chi connectivity index (χ1) is 12.4. The number of fused-ring (bicyclic) bond motifs is 2. The van der Waals surface area contributed by atoms with E-state index in [-0.39, 0.29) is 17.0 Å². The molecule has 2 aromatic heterocycles.